The highest BCUT2D eigenvalue weighted by Crippen LogP contribution is 2.30. The monoisotopic (exact) mass is 636 g/mol. The Balaban J connectivity index is 1.35. The third-order valence-corrected chi connectivity index (χ3v) is 9.52. The number of anilines is 1. The first kappa shape index (κ1) is 32.3. The standard InChI is InChI=1S/C35H42Cl2N4O3/c1-38(34(42)25-41(20-21-44-2)30-14-15-31(36)32(37)23-30)33(24-39-16-3-4-17-39)27-12-10-26(11-13-27)28-8-7-9-29(22-28)35(43)40-18-5-6-19-40/h7-15,22-23,33H,3-6,16-21,24-25H2,1-2H3. The number of benzene rings is 3. The van der Waals surface area contributed by atoms with E-state index in [0.29, 0.717) is 23.2 Å². The van der Waals surface area contributed by atoms with Crippen molar-refractivity contribution in [1.82, 2.24) is 14.7 Å². The Bertz CT molecular complexity index is 1420. The van der Waals surface area contributed by atoms with Gasteiger partial charge >= 0.3 is 0 Å². The number of rotatable bonds is 12. The number of carbonyl (C=O) groups is 2. The summed E-state index contributed by atoms with van der Waals surface area (Å²) in [6, 6.07) is 21.7. The molecule has 44 heavy (non-hydrogen) atoms. The van der Waals surface area contributed by atoms with Crippen LogP contribution in [0.5, 0.6) is 0 Å². The van der Waals surface area contributed by atoms with Crippen LogP contribution < -0.4 is 4.90 Å². The molecule has 2 aliphatic heterocycles. The average molecular weight is 638 g/mol. The van der Waals surface area contributed by atoms with Crippen LogP contribution >= 0.6 is 23.2 Å². The van der Waals surface area contributed by atoms with Crippen LogP contribution in [0.2, 0.25) is 10.0 Å². The average Bonchev–Trinajstić information content (AvgIpc) is 3.78. The van der Waals surface area contributed by atoms with Crippen molar-refractivity contribution in [3.63, 3.8) is 0 Å². The molecule has 234 valence electrons. The molecule has 7 nitrogen and oxygen atoms in total. The van der Waals surface area contributed by atoms with E-state index in [1.165, 1.54) is 12.8 Å². The largest absolute Gasteiger partial charge is 0.383 e. The Morgan fingerprint density at radius 3 is 2.25 bits per heavy atom. The van der Waals surface area contributed by atoms with Gasteiger partial charge in [-0.15, -0.1) is 0 Å². The first-order valence-corrected chi connectivity index (χ1v) is 16.3. The number of likely N-dealkylation sites (N-methyl/N-ethyl adjacent to an activating group) is 1. The van der Waals surface area contributed by atoms with E-state index in [9.17, 15) is 9.59 Å². The number of likely N-dealkylation sites (tertiary alicyclic amines) is 2. The van der Waals surface area contributed by atoms with Crippen molar-refractivity contribution in [3.05, 3.63) is 87.9 Å². The Morgan fingerprint density at radius 1 is 0.864 bits per heavy atom. The van der Waals surface area contributed by atoms with Gasteiger partial charge in [-0.25, -0.2) is 0 Å². The molecule has 2 fully saturated rings. The van der Waals surface area contributed by atoms with E-state index in [1.54, 1.807) is 19.2 Å². The van der Waals surface area contributed by atoms with Crippen molar-refractivity contribution in [1.29, 1.82) is 0 Å². The zero-order valence-corrected chi connectivity index (χ0v) is 27.2. The number of methoxy groups -OCH3 is 1. The van der Waals surface area contributed by atoms with Crippen LogP contribution in [0.15, 0.2) is 66.7 Å². The van der Waals surface area contributed by atoms with Crippen molar-refractivity contribution in [2.45, 2.75) is 31.7 Å². The highest BCUT2D eigenvalue weighted by molar-refractivity contribution is 6.42. The van der Waals surface area contributed by atoms with Gasteiger partial charge < -0.3 is 24.3 Å². The second-order valence-electron chi connectivity index (χ2n) is 11.7. The molecule has 2 aliphatic rings. The normalized spacial score (nSPS) is 15.9. The van der Waals surface area contributed by atoms with Gasteiger partial charge in [0, 0.05) is 51.6 Å². The van der Waals surface area contributed by atoms with E-state index in [2.05, 4.69) is 29.2 Å². The van der Waals surface area contributed by atoms with Crippen molar-refractivity contribution >= 4 is 40.7 Å². The minimum absolute atomic E-state index is 0.00794. The van der Waals surface area contributed by atoms with E-state index in [0.717, 1.165) is 73.5 Å². The van der Waals surface area contributed by atoms with Gasteiger partial charge in [-0.2, -0.15) is 0 Å². The predicted molar refractivity (Wildman–Crippen MR) is 179 cm³/mol. The van der Waals surface area contributed by atoms with Crippen molar-refractivity contribution in [2.24, 2.45) is 0 Å². The van der Waals surface area contributed by atoms with E-state index >= 15 is 0 Å². The van der Waals surface area contributed by atoms with Gasteiger partial charge in [0.05, 0.1) is 29.2 Å². The van der Waals surface area contributed by atoms with Gasteiger partial charge in [-0.3, -0.25) is 9.59 Å². The lowest BCUT2D eigenvalue weighted by molar-refractivity contribution is -0.131. The maximum atomic E-state index is 13.9. The third-order valence-electron chi connectivity index (χ3n) is 8.78. The second-order valence-corrected chi connectivity index (χ2v) is 12.6. The first-order chi connectivity index (χ1) is 21.3. The summed E-state index contributed by atoms with van der Waals surface area (Å²) in [5, 5.41) is 0.926. The minimum atomic E-state index is -0.115. The van der Waals surface area contributed by atoms with Crippen molar-refractivity contribution in [3.8, 4) is 11.1 Å². The van der Waals surface area contributed by atoms with Crippen molar-refractivity contribution < 1.29 is 14.3 Å². The summed E-state index contributed by atoms with van der Waals surface area (Å²) in [5.74, 6) is 0.112. The SMILES string of the molecule is COCCN(CC(=O)N(C)C(CN1CCCC1)c1ccc(-c2cccc(C(=O)N3CCCC3)c2)cc1)c1ccc(Cl)c(Cl)c1. The number of amides is 2. The summed E-state index contributed by atoms with van der Waals surface area (Å²) in [6.07, 6.45) is 4.50. The van der Waals surface area contributed by atoms with Crippen LogP contribution in [0, 0.1) is 0 Å². The summed E-state index contributed by atoms with van der Waals surface area (Å²) in [5.41, 5.74) is 4.69. The lowest BCUT2D eigenvalue weighted by atomic mass is 9.98. The molecular weight excluding hydrogens is 595 g/mol. The molecule has 2 heterocycles. The fourth-order valence-corrected chi connectivity index (χ4v) is 6.42. The van der Waals surface area contributed by atoms with Crippen LogP contribution in [-0.2, 0) is 9.53 Å². The number of ether oxygens (including phenoxy) is 1. The highest BCUT2D eigenvalue weighted by atomic mass is 35.5. The van der Waals surface area contributed by atoms with E-state index < -0.39 is 0 Å². The van der Waals surface area contributed by atoms with Crippen LogP contribution in [0.3, 0.4) is 0 Å². The second kappa shape index (κ2) is 15.3. The topological polar surface area (TPSA) is 56.3 Å². The molecule has 1 atom stereocenters. The molecule has 0 spiro atoms. The molecule has 3 aromatic carbocycles. The molecule has 1 unspecified atom stereocenters. The Labute approximate surface area is 271 Å². The van der Waals surface area contributed by atoms with E-state index in [4.69, 9.17) is 27.9 Å². The van der Waals surface area contributed by atoms with Crippen LogP contribution in [0.25, 0.3) is 11.1 Å². The molecule has 5 rings (SSSR count). The fraction of sp³-hybridized carbons (Fsp3) is 0.429. The molecule has 0 aliphatic carbocycles. The van der Waals surface area contributed by atoms with Crippen LogP contribution in [0.1, 0.15) is 47.6 Å². The van der Waals surface area contributed by atoms with Gasteiger partial charge in [0.15, 0.2) is 0 Å². The molecule has 0 aromatic heterocycles. The van der Waals surface area contributed by atoms with E-state index in [-0.39, 0.29) is 24.4 Å². The molecular formula is C35H42Cl2N4O3. The summed E-state index contributed by atoms with van der Waals surface area (Å²) < 4.78 is 5.34. The van der Waals surface area contributed by atoms with E-state index in [1.807, 2.05) is 52.1 Å². The Morgan fingerprint density at radius 2 is 1.57 bits per heavy atom. The zero-order chi connectivity index (χ0) is 31.1. The third kappa shape index (κ3) is 7.94. The molecule has 2 amide bonds. The molecule has 0 saturated carbocycles. The van der Waals surface area contributed by atoms with Crippen LogP contribution in [-0.4, -0.2) is 93.1 Å². The number of hydrogen-bond donors (Lipinski definition) is 0. The Hall–Kier alpha value is -3.10. The van der Waals surface area contributed by atoms with Crippen LogP contribution in [0.4, 0.5) is 5.69 Å². The number of hydrogen-bond acceptors (Lipinski definition) is 5. The van der Waals surface area contributed by atoms with Gasteiger partial charge in [-0.1, -0.05) is 59.6 Å². The molecule has 0 radical (unpaired) electrons. The summed E-state index contributed by atoms with van der Waals surface area (Å²) in [4.78, 5) is 35.1. The number of halogens is 2. The minimum Gasteiger partial charge on any atom is -0.383 e. The summed E-state index contributed by atoms with van der Waals surface area (Å²) >= 11 is 12.5. The lowest BCUT2D eigenvalue weighted by Gasteiger charge is -2.34. The fourth-order valence-electron chi connectivity index (χ4n) is 6.12. The quantitative estimate of drug-likeness (QED) is 0.223. The summed E-state index contributed by atoms with van der Waals surface area (Å²) in [7, 11) is 3.55. The first-order valence-electron chi connectivity index (χ1n) is 15.5. The number of carbonyl (C=O) groups excluding carboxylic acids is 2. The van der Waals surface area contributed by atoms with Gasteiger partial charge in [0.25, 0.3) is 5.91 Å². The van der Waals surface area contributed by atoms with Gasteiger partial charge in [-0.05, 0) is 85.8 Å². The lowest BCUT2D eigenvalue weighted by Crippen LogP contribution is -2.44. The molecule has 2 saturated heterocycles. The van der Waals surface area contributed by atoms with Gasteiger partial charge in [0.1, 0.15) is 0 Å². The molecule has 0 N–H and O–H groups in total. The number of nitrogens with zero attached hydrogens (tertiary/aromatic N) is 4. The molecule has 0 bridgehead atoms. The highest BCUT2D eigenvalue weighted by Gasteiger charge is 2.27. The van der Waals surface area contributed by atoms with Crippen molar-refractivity contribution in [2.75, 3.05) is 71.5 Å². The smallest absolute Gasteiger partial charge is 0.253 e. The zero-order valence-electron chi connectivity index (χ0n) is 25.7. The Kier molecular flexibility index (Phi) is 11.2. The predicted octanol–water partition coefficient (Wildman–Crippen LogP) is 6.64. The maximum Gasteiger partial charge on any atom is 0.253 e. The maximum absolute atomic E-state index is 13.9. The summed E-state index contributed by atoms with van der Waals surface area (Å²) in [6.45, 7) is 5.71. The molecule has 9 heteroatoms. The molecule has 3 aromatic rings. The van der Waals surface area contributed by atoms with Gasteiger partial charge in [0.2, 0.25) is 5.91 Å².